The highest BCUT2D eigenvalue weighted by molar-refractivity contribution is 7.14. The maximum absolute atomic E-state index is 12.1. The van der Waals surface area contributed by atoms with Gasteiger partial charge >= 0.3 is 0 Å². The molecule has 0 saturated carbocycles. The number of rotatable bonds is 3. The Kier molecular flexibility index (Phi) is 3.56. The van der Waals surface area contributed by atoms with E-state index in [1.54, 1.807) is 16.8 Å². The van der Waals surface area contributed by atoms with Gasteiger partial charge in [-0.2, -0.15) is 5.26 Å². The zero-order valence-corrected chi connectivity index (χ0v) is 12.5. The van der Waals surface area contributed by atoms with Crippen molar-refractivity contribution in [2.24, 2.45) is 0 Å². The summed E-state index contributed by atoms with van der Waals surface area (Å²) in [5.74, 6) is 1.11. The number of anilines is 1. The van der Waals surface area contributed by atoms with E-state index in [4.69, 9.17) is 9.68 Å². The molecule has 3 heterocycles. The normalized spacial score (nSPS) is 10.3. The summed E-state index contributed by atoms with van der Waals surface area (Å²) in [6.45, 7) is 1.85. The smallest absolute Gasteiger partial charge is 0.275 e. The molecule has 0 radical (unpaired) electrons. The van der Waals surface area contributed by atoms with E-state index in [1.807, 2.05) is 25.1 Å². The maximum atomic E-state index is 12.1. The van der Waals surface area contributed by atoms with Gasteiger partial charge < -0.3 is 9.73 Å². The summed E-state index contributed by atoms with van der Waals surface area (Å²) in [5.41, 5.74) is 0.756. The van der Waals surface area contributed by atoms with Gasteiger partial charge in [0.15, 0.2) is 10.8 Å². The molecule has 0 atom stereocenters. The number of aromatic nitrogens is 1. The SMILES string of the molecule is Cc1ccc(-c2nc(C(=O)Nc3sccc3C#N)cs2)o1. The Labute approximate surface area is 128 Å². The van der Waals surface area contributed by atoms with Crippen molar-refractivity contribution in [3.63, 3.8) is 0 Å². The number of nitriles is 1. The van der Waals surface area contributed by atoms with Crippen LogP contribution in [0.4, 0.5) is 5.00 Å². The average molecular weight is 315 g/mol. The molecule has 1 amide bonds. The van der Waals surface area contributed by atoms with E-state index >= 15 is 0 Å². The van der Waals surface area contributed by atoms with Gasteiger partial charge in [-0.05, 0) is 30.5 Å². The topological polar surface area (TPSA) is 78.9 Å². The molecule has 0 unspecified atom stereocenters. The Morgan fingerprint density at radius 3 is 2.95 bits per heavy atom. The minimum Gasteiger partial charge on any atom is -0.459 e. The third kappa shape index (κ3) is 2.72. The molecule has 3 rings (SSSR count). The summed E-state index contributed by atoms with van der Waals surface area (Å²) >= 11 is 2.65. The lowest BCUT2D eigenvalue weighted by atomic mass is 10.3. The summed E-state index contributed by atoms with van der Waals surface area (Å²) in [4.78, 5) is 16.4. The van der Waals surface area contributed by atoms with Crippen LogP contribution in [0.15, 0.2) is 33.4 Å². The van der Waals surface area contributed by atoms with Crippen LogP contribution in [0.5, 0.6) is 0 Å². The van der Waals surface area contributed by atoms with Crippen LogP contribution in [0.2, 0.25) is 0 Å². The number of amides is 1. The molecule has 5 nitrogen and oxygen atoms in total. The number of hydrogen-bond acceptors (Lipinski definition) is 6. The molecule has 0 aliphatic heterocycles. The Morgan fingerprint density at radius 2 is 2.24 bits per heavy atom. The first kappa shape index (κ1) is 13.5. The first-order chi connectivity index (χ1) is 10.2. The molecule has 3 aromatic heterocycles. The maximum Gasteiger partial charge on any atom is 0.275 e. The van der Waals surface area contributed by atoms with E-state index < -0.39 is 0 Å². The van der Waals surface area contributed by atoms with Crippen LogP contribution in [0.25, 0.3) is 10.8 Å². The number of nitrogens with zero attached hydrogens (tertiary/aromatic N) is 2. The predicted molar refractivity (Wildman–Crippen MR) is 81.5 cm³/mol. The highest BCUT2D eigenvalue weighted by Gasteiger charge is 2.15. The molecular weight excluding hydrogens is 306 g/mol. The molecule has 0 saturated heterocycles. The van der Waals surface area contributed by atoms with Crippen molar-refractivity contribution in [1.82, 2.24) is 4.98 Å². The molecule has 104 valence electrons. The monoisotopic (exact) mass is 315 g/mol. The Bertz CT molecular complexity index is 838. The fraction of sp³-hybridized carbons (Fsp3) is 0.0714. The quantitative estimate of drug-likeness (QED) is 0.795. The van der Waals surface area contributed by atoms with Gasteiger partial charge in [0.25, 0.3) is 5.91 Å². The zero-order valence-electron chi connectivity index (χ0n) is 10.9. The van der Waals surface area contributed by atoms with Crippen LogP contribution >= 0.6 is 22.7 Å². The minimum atomic E-state index is -0.334. The number of carbonyl (C=O) groups excluding carboxylic acids is 1. The van der Waals surface area contributed by atoms with Crippen molar-refractivity contribution < 1.29 is 9.21 Å². The molecule has 7 heteroatoms. The molecule has 0 aliphatic rings. The van der Waals surface area contributed by atoms with Crippen LogP contribution < -0.4 is 5.32 Å². The van der Waals surface area contributed by atoms with Gasteiger partial charge in [0.1, 0.15) is 22.5 Å². The number of carbonyl (C=O) groups is 1. The van der Waals surface area contributed by atoms with Gasteiger partial charge in [-0.3, -0.25) is 4.79 Å². The first-order valence-electron chi connectivity index (χ1n) is 5.98. The average Bonchev–Trinajstić information content (AvgIpc) is 3.17. The lowest BCUT2D eigenvalue weighted by molar-refractivity contribution is 0.102. The summed E-state index contributed by atoms with van der Waals surface area (Å²) in [7, 11) is 0. The minimum absolute atomic E-state index is 0.307. The van der Waals surface area contributed by atoms with Crippen molar-refractivity contribution in [1.29, 1.82) is 5.26 Å². The van der Waals surface area contributed by atoms with E-state index in [2.05, 4.69) is 10.3 Å². The third-order valence-corrected chi connectivity index (χ3v) is 4.39. The van der Waals surface area contributed by atoms with E-state index in [9.17, 15) is 4.79 Å². The largest absolute Gasteiger partial charge is 0.459 e. The Hall–Kier alpha value is -2.43. The van der Waals surface area contributed by atoms with Crippen LogP contribution in [0.1, 0.15) is 21.8 Å². The van der Waals surface area contributed by atoms with Gasteiger partial charge in [-0.25, -0.2) is 4.98 Å². The van der Waals surface area contributed by atoms with Gasteiger partial charge in [0, 0.05) is 5.38 Å². The molecule has 3 aromatic rings. The van der Waals surface area contributed by atoms with E-state index in [0.717, 1.165) is 5.76 Å². The van der Waals surface area contributed by atoms with Crippen molar-refractivity contribution in [2.75, 3.05) is 5.32 Å². The standard InChI is InChI=1S/C14H9N3O2S2/c1-8-2-3-11(19-8)14-16-10(7-21-14)12(18)17-13-9(6-15)4-5-20-13/h2-5,7H,1H3,(H,17,18). The molecule has 21 heavy (non-hydrogen) atoms. The van der Waals surface area contributed by atoms with Gasteiger partial charge in [0.2, 0.25) is 0 Å². The van der Waals surface area contributed by atoms with Crippen LogP contribution in [-0.2, 0) is 0 Å². The summed E-state index contributed by atoms with van der Waals surface area (Å²) in [5, 5.41) is 16.2. The van der Waals surface area contributed by atoms with Crippen molar-refractivity contribution in [3.05, 3.63) is 46.0 Å². The summed E-state index contributed by atoms with van der Waals surface area (Å²) in [6, 6.07) is 7.37. The van der Waals surface area contributed by atoms with Crippen molar-refractivity contribution >= 4 is 33.6 Å². The van der Waals surface area contributed by atoms with E-state index in [0.29, 0.717) is 27.0 Å². The fourth-order valence-corrected chi connectivity index (χ4v) is 3.19. The van der Waals surface area contributed by atoms with Crippen LogP contribution in [0.3, 0.4) is 0 Å². The van der Waals surface area contributed by atoms with E-state index in [-0.39, 0.29) is 5.91 Å². The highest BCUT2D eigenvalue weighted by atomic mass is 32.1. The number of thiazole rings is 1. The second kappa shape index (κ2) is 5.52. The molecule has 0 aliphatic carbocycles. The van der Waals surface area contributed by atoms with E-state index in [1.165, 1.54) is 22.7 Å². The number of nitrogens with one attached hydrogen (secondary N) is 1. The van der Waals surface area contributed by atoms with Gasteiger partial charge in [-0.15, -0.1) is 22.7 Å². The van der Waals surface area contributed by atoms with Crippen LogP contribution in [0, 0.1) is 18.3 Å². The van der Waals surface area contributed by atoms with Crippen molar-refractivity contribution in [3.8, 4) is 16.8 Å². The Morgan fingerprint density at radius 1 is 1.38 bits per heavy atom. The molecular formula is C14H9N3O2S2. The van der Waals surface area contributed by atoms with Gasteiger partial charge in [0.05, 0.1) is 5.56 Å². The number of furan rings is 1. The lowest BCUT2D eigenvalue weighted by Gasteiger charge is -1.99. The summed E-state index contributed by atoms with van der Waals surface area (Å²) < 4.78 is 5.48. The second-order valence-electron chi connectivity index (χ2n) is 4.18. The summed E-state index contributed by atoms with van der Waals surface area (Å²) in [6.07, 6.45) is 0. The lowest BCUT2D eigenvalue weighted by Crippen LogP contribution is -2.11. The van der Waals surface area contributed by atoms with Gasteiger partial charge in [-0.1, -0.05) is 0 Å². The number of aryl methyl sites for hydroxylation is 1. The number of hydrogen-bond donors (Lipinski definition) is 1. The Balaban J connectivity index is 1.80. The molecule has 0 bridgehead atoms. The molecule has 0 spiro atoms. The third-order valence-electron chi connectivity index (χ3n) is 2.70. The fourth-order valence-electron chi connectivity index (χ4n) is 1.70. The predicted octanol–water partition coefficient (Wildman–Crippen LogP) is 3.90. The second-order valence-corrected chi connectivity index (χ2v) is 5.95. The number of thiophene rings is 1. The molecule has 1 N–H and O–H groups in total. The first-order valence-corrected chi connectivity index (χ1v) is 7.74. The molecule has 0 aromatic carbocycles. The zero-order chi connectivity index (χ0) is 14.8. The van der Waals surface area contributed by atoms with Crippen LogP contribution in [-0.4, -0.2) is 10.9 Å². The van der Waals surface area contributed by atoms with Crippen molar-refractivity contribution in [2.45, 2.75) is 6.92 Å². The molecule has 0 fully saturated rings. The highest BCUT2D eigenvalue weighted by Crippen LogP contribution is 2.27.